The summed E-state index contributed by atoms with van der Waals surface area (Å²) in [5.74, 6) is -2.07. The number of fused-ring (bicyclic) bond motifs is 1. The maximum Gasteiger partial charge on any atom is 0.418 e. The molecule has 0 bridgehead atoms. The molecular weight excluding hydrogens is 440 g/mol. The SMILES string of the molecule is Cc1cccc2nc(C(=O)Nc3ccc(NC(=O)c4ccc(F)cc4)cc3C(F)(F)F)cn12. The van der Waals surface area contributed by atoms with Gasteiger partial charge in [-0.25, -0.2) is 9.37 Å². The van der Waals surface area contributed by atoms with Crippen LogP contribution < -0.4 is 10.6 Å². The number of aryl methyl sites for hydroxylation is 1. The lowest BCUT2D eigenvalue weighted by Gasteiger charge is -2.15. The predicted octanol–water partition coefficient (Wildman–Crippen LogP) is 5.31. The van der Waals surface area contributed by atoms with Crippen LogP contribution in [0.15, 0.2) is 66.9 Å². The van der Waals surface area contributed by atoms with E-state index in [2.05, 4.69) is 15.6 Å². The van der Waals surface area contributed by atoms with E-state index >= 15 is 0 Å². The lowest BCUT2D eigenvalue weighted by molar-refractivity contribution is -0.136. The number of nitrogens with zero attached hydrogens (tertiary/aromatic N) is 2. The highest BCUT2D eigenvalue weighted by atomic mass is 19.4. The molecule has 2 N–H and O–H groups in total. The third-order valence-electron chi connectivity index (χ3n) is 4.87. The van der Waals surface area contributed by atoms with Crippen LogP contribution in [0.5, 0.6) is 0 Å². The average Bonchev–Trinajstić information content (AvgIpc) is 3.20. The first-order chi connectivity index (χ1) is 15.6. The van der Waals surface area contributed by atoms with Gasteiger partial charge in [0.15, 0.2) is 0 Å². The zero-order valence-electron chi connectivity index (χ0n) is 17.1. The number of hydrogen-bond acceptors (Lipinski definition) is 3. The Kier molecular flexibility index (Phi) is 5.59. The molecule has 2 heterocycles. The lowest BCUT2D eigenvalue weighted by atomic mass is 10.1. The van der Waals surface area contributed by atoms with E-state index in [-0.39, 0.29) is 16.9 Å². The predicted molar refractivity (Wildman–Crippen MR) is 114 cm³/mol. The Morgan fingerprint density at radius 2 is 1.67 bits per heavy atom. The molecule has 0 fully saturated rings. The number of pyridine rings is 1. The van der Waals surface area contributed by atoms with Gasteiger partial charge in [0.1, 0.15) is 17.2 Å². The van der Waals surface area contributed by atoms with Gasteiger partial charge in [-0.2, -0.15) is 13.2 Å². The van der Waals surface area contributed by atoms with Gasteiger partial charge in [0.25, 0.3) is 11.8 Å². The van der Waals surface area contributed by atoms with E-state index < -0.39 is 35.1 Å². The van der Waals surface area contributed by atoms with Gasteiger partial charge in [0.05, 0.1) is 11.3 Å². The van der Waals surface area contributed by atoms with E-state index in [1.165, 1.54) is 24.4 Å². The Bertz CT molecular complexity index is 1360. The number of rotatable bonds is 4. The molecule has 4 rings (SSSR count). The molecule has 2 aromatic heterocycles. The minimum absolute atomic E-state index is 0.0499. The van der Waals surface area contributed by atoms with E-state index in [0.29, 0.717) is 11.7 Å². The van der Waals surface area contributed by atoms with Crippen molar-refractivity contribution in [2.24, 2.45) is 0 Å². The first-order valence-electron chi connectivity index (χ1n) is 9.66. The molecule has 0 spiro atoms. The fraction of sp³-hybridized carbons (Fsp3) is 0.0870. The minimum atomic E-state index is -4.81. The molecule has 0 saturated heterocycles. The van der Waals surface area contributed by atoms with Gasteiger partial charge in [-0.1, -0.05) is 6.07 Å². The maximum absolute atomic E-state index is 13.7. The van der Waals surface area contributed by atoms with Crippen molar-refractivity contribution in [1.29, 1.82) is 0 Å². The number of imidazole rings is 1. The molecule has 2 amide bonds. The molecule has 10 heteroatoms. The second-order valence-corrected chi connectivity index (χ2v) is 7.19. The van der Waals surface area contributed by atoms with Crippen LogP contribution in [0.4, 0.5) is 28.9 Å². The Morgan fingerprint density at radius 1 is 0.939 bits per heavy atom. The second kappa shape index (κ2) is 8.38. The van der Waals surface area contributed by atoms with Crippen LogP contribution >= 0.6 is 0 Å². The Hall–Kier alpha value is -4.21. The number of carbonyl (C=O) groups excluding carboxylic acids is 2. The molecule has 0 saturated carbocycles. The number of alkyl halides is 3. The lowest BCUT2D eigenvalue weighted by Crippen LogP contribution is -2.18. The Balaban J connectivity index is 1.60. The number of carbonyl (C=O) groups is 2. The van der Waals surface area contributed by atoms with Gasteiger partial charge in [-0.3, -0.25) is 9.59 Å². The van der Waals surface area contributed by atoms with E-state index in [1.54, 1.807) is 29.5 Å². The molecule has 0 atom stereocenters. The maximum atomic E-state index is 13.7. The number of hydrogen-bond donors (Lipinski definition) is 2. The fourth-order valence-electron chi connectivity index (χ4n) is 3.21. The van der Waals surface area contributed by atoms with Crippen LogP contribution in [0.25, 0.3) is 5.65 Å². The van der Waals surface area contributed by atoms with E-state index in [9.17, 15) is 27.2 Å². The highest BCUT2D eigenvalue weighted by Crippen LogP contribution is 2.37. The van der Waals surface area contributed by atoms with Crippen LogP contribution in [0.3, 0.4) is 0 Å². The molecule has 168 valence electrons. The van der Waals surface area contributed by atoms with Gasteiger partial charge in [-0.15, -0.1) is 0 Å². The van der Waals surface area contributed by atoms with Crippen molar-refractivity contribution in [2.75, 3.05) is 10.6 Å². The van der Waals surface area contributed by atoms with Crippen LogP contribution in [-0.4, -0.2) is 21.2 Å². The first-order valence-corrected chi connectivity index (χ1v) is 9.66. The van der Waals surface area contributed by atoms with Gasteiger partial charge in [0, 0.05) is 23.1 Å². The summed E-state index contributed by atoms with van der Waals surface area (Å²) in [5.41, 5.74) is -0.464. The third-order valence-corrected chi connectivity index (χ3v) is 4.87. The fourth-order valence-corrected chi connectivity index (χ4v) is 3.21. The van der Waals surface area contributed by atoms with Crippen molar-refractivity contribution in [2.45, 2.75) is 13.1 Å². The molecule has 33 heavy (non-hydrogen) atoms. The summed E-state index contributed by atoms with van der Waals surface area (Å²) < 4.78 is 55.7. The molecule has 2 aromatic carbocycles. The number of aromatic nitrogens is 2. The van der Waals surface area contributed by atoms with Crippen LogP contribution in [0.2, 0.25) is 0 Å². The van der Waals surface area contributed by atoms with Crippen molar-refractivity contribution in [3.05, 3.63) is 95.2 Å². The molecule has 0 aliphatic rings. The summed E-state index contributed by atoms with van der Waals surface area (Å²) in [6.45, 7) is 1.80. The van der Waals surface area contributed by atoms with Gasteiger partial charge >= 0.3 is 6.18 Å². The smallest absolute Gasteiger partial charge is 0.322 e. The summed E-state index contributed by atoms with van der Waals surface area (Å²) in [6.07, 6.45) is -3.38. The highest BCUT2D eigenvalue weighted by Gasteiger charge is 2.34. The summed E-state index contributed by atoms with van der Waals surface area (Å²) in [6, 6.07) is 12.7. The van der Waals surface area contributed by atoms with Crippen molar-refractivity contribution in [1.82, 2.24) is 9.38 Å². The van der Waals surface area contributed by atoms with Gasteiger partial charge in [0.2, 0.25) is 0 Å². The third kappa shape index (κ3) is 4.69. The largest absolute Gasteiger partial charge is 0.418 e. The van der Waals surface area contributed by atoms with Crippen LogP contribution in [-0.2, 0) is 6.18 Å². The molecule has 6 nitrogen and oxygen atoms in total. The summed E-state index contributed by atoms with van der Waals surface area (Å²) in [4.78, 5) is 29.0. The zero-order chi connectivity index (χ0) is 23.8. The first kappa shape index (κ1) is 22.0. The highest BCUT2D eigenvalue weighted by molar-refractivity contribution is 6.05. The van der Waals surface area contributed by atoms with Crippen LogP contribution in [0, 0.1) is 12.7 Å². The second-order valence-electron chi connectivity index (χ2n) is 7.19. The van der Waals surface area contributed by atoms with E-state index in [1.807, 2.05) is 0 Å². The molecule has 0 aliphatic carbocycles. The van der Waals surface area contributed by atoms with Gasteiger partial charge < -0.3 is 15.0 Å². The van der Waals surface area contributed by atoms with E-state index in [0.717, 1.165) is 23.9 Å². The number of amides is 2. The molecular formula is C23H16F4N4O2. The topological polar surface area (TPSA) is 75.5 Å². The number of benzene rings is 2. The quantitative estimate of drug-likeness (QED) is 0.409. The van der Waals surface area contributed by atoms with Crippen molar-refractivity contribution >= 4 is 28.8 Å². The zero-order valence-corrected chi connectivity index (χ0v) is 17.1. The average molecular weight is 456 g/mol. The van der Waals surface area contributed by atoms with Crippen LogP contribution in [0.1, 0.15) is 32.1 Å². The van der Waals surface area contributed by atoms with Crippen molar-refractivity contribution in [3.63, 3.8) is 0 Å². The number of halogens is 4. The monoisotopic (exact) mass is 456 g/mol. The normalized spacial score (nSPS) is 11.4. The summed E-state index contributed by atoms with van der Waals surface area (Å²) in [5, 5.41) is 4.58. The van der Waals surface area contributed by atoms with Gasteiger partial charge in [-0.05, 0) is 61.5 Å². The Labute approximate surface area is 184 Å². The molecule has 0 aliphatic heterocycles. The molecule has 4 aromatic rings. The van der Waals surface area contributed by atoms with Crippen molar-refractivity contribution < 1.29 is 27.2 Å². The number of anilines is 2. The Morgan fingerprint density at radius 3 is 2.33 bits per heavy atom. The molecule has 0 unspecified atom stereocenters. The van der Waals surface area contributed by atoms with E-state index in [4.69, 9.17) is 0 Å². The van der Waals surface area contributed by atoms with Crippen molar-refractivity contribution in [3.8, 4) is 0 Å². The summed E-state index contributed by atoms with van der Waals surface area (Å²) in [7, 11) is 0. The number of nitrogens with one attached hydrogen (secondary N) is 2. The standard InChI is InChI=1S/C23H16F4N4O2/c1-13-3-2-4-20-29-19(12-31(13)20)22(33)30-18-10-9-16(11-17(18)23(25,26)27)28-21(32)14-5-7-15(24)8-6-14/h2-12H,1H3,(H,28,32)(H,30,33). The minimum Gasteiger partial charge on any atom is -0.322 e. The summed E-state index contributed by atoms with van der Waals surface area (Å²) >= 11 is 0. The molecule has 0 radical (unpaired) electrons.